The van der Waals surface area contributed by atoms with Crippen LogP contribution in [0, 0.1) is 12.8 Å². The standard InChI is InChI=1S/C18H31NO2/c1-13-7-6-8-16(9-13)20-12-15-10-17(21-14(15)2)11-19-18(3,4)5/h10,13,16,19H,6-9,11-12H2,1-5H3. The van der Waals surface area contributed by atoms with E-state index in [1.54, 1.807) is 0 Å². The Morgan fingerprint density at radius 2 is 2.10 bits per heavy atom. The van der Waals surface area contributed by atoms with Gasteiger partial charge < -0.3 is 14.5 Å². The first-order valence-corrected chi connectivity index (χ1v) is 8.28. The average Bonchev–Trinajstić information content (AvgIpc) is 2.74. The lowest BCUT2D eigenvalue weighted by Crippen LogP contribution is -2.34. The molecule has 3 heteroatoms. The van der Waals surface area contributed by atoms with Crippen LogP contribution in [0.4, 0.5) is 0 Å². The summed E-state index contributed by atoms with van der Waals surface area (Å²) in [5, 5.41) is 3.46. The van der Waals surface area contributed by atoms with Crippen molar-refractivity contribution in [2.75, 3.05) is 0 Å². The van der Waals surface area contributed by atoms with Gasteiger partial charge in [0.05, 0.1) is 19.3 Å². The van der Waals surface area contributed by atoms with Crippen LogP contribution in [-0.2, 0) is 17.9 Å². The third-order valence-electron chi connectivity index (χ3n) is 4.23. The van der Waals surface area contributed by atoms with E-state index in [0.29, 0.717) is 12.7 Å². The third kappa shape index (κ3) is 5.48. The smallest absolute Gasteiger partial charge is 0.118 e. The highest BCUT2D eigenvalue weighted by Gasteiger charge is 2.20. The molecule has 1 heterocycles. The second-order valence-electron chi connectivity index (χ2n) is 7.60. The summed E-state index contributed by atoms with van der Waals surface area (Å²) < 4.78 is 11.9. The zero-order valence-corrected chi connectivity index (χ0v) is 14.3. The van der Waals surface area contributed by atoms with Gasteiger partial charge in [-0.25, -0.2) is 0 Å². The summed E-state index contributed by atoms with van der Waals surface area (Å²) in [5.41, 5.74) is 1.30. The normalized spacial score (nSPS) is 23.5. The molecular formula is C18H31NO2. The van der Waals surface area contributed by atoms with Gasteiger partial charge in [-0.05, 0) is 52.5 Å². The van der Waals surface area contributed by atoms with Gasteiger partial charge in [0.1, 0.15) is 11.5 Å². The molecule has 1 aliphatic rings. The lowest BCUT2D eigenvalue weighted by Gasteiger charge is -2.26. The lowest BCUT2D eigenvalue weighted by atomic mass is 9.89. The first kappa shape index (κ1) is 16.6. The number of nitrogens with one attached hydrogen (secondary N) is 1. The fourth-order valence-corrected chi connectivity index (χ4v) is 2.91. The number of hydrogen-bond acceptors (Lipinski definition) is 3. The molecule has 2 rings (SSSR count). The maximum Gasteiger partial charge on any atom is 0.118 e. The van der Waals surface area contributed by atoms with Gasteiger partial charge in [-0.15, -0.1) is 0 Å². The molecule has 21 heavy (non-hydrogen) atoms. The Balaban J connectivity index is 1.84. The molecule has 2 unspecified atom stereocenters. The van der Waals surface area contributed by atoms with Gasteiger partial charge in [0.15, 0.2) is 0 Å². The molecule has 0 aliphatic heterocycles. The van der Waals surface area contributed by atoms with Crippen LogP contribution in [0.25, 0.3) is 0 Å². The molecule has 1 saturated carbocycles. The van der Waals surface area contributed by atoms with Crippen molar-refractivity contribution in [2.45, 2.75) is 85.1 Å². The molecule has 1 aromatic rings. The Bertz CT molecular complexity index is 445. The van der Waals surface area contributed by atoms with Gasteiger partial charge in [0.2, 0.25) is 0 Å². The maximum absolute atomic E-state index is 6.10. The van der Waals surface area contributed by atoms with Gasteiger partial charge in [-0.1, -0.05) is 19.8 Å². The topological polar surface area (TPSA) is 34.4 Å². The molecule has 1 N–H and O–H groups in total. The highest BCUT2D eigenvalue weighted by Crippen LogP contribution is 2.27. The number of rotatable bonds is 5. The Morgan fingerprint density at radius 1 is 1.33 bits per heavy atom. The second kappa shape index (κ2) is 6.97. The summed E-state index contributed by atoms with van der Waals surface area (Å²) in [6.45, 7) is 12.3. The Labute approximate surface area is 129 Å². The molecule has 1 fully saturated rings. The molecule has 120 valence electrons. The predicted molar refractivity (Wildman–Crippen MR) is 86.2 cm³/mol. The zero-order chi connectivity index (χ0) is 15.5. The summed E-state index contributed by atoms with van der Waals surface area (Å²) in [6, 6.07) is 2.14. The molecule has 0 spiro atoms. The predicted octanol–water partition coefficient (Wildman–Crippen LogP) is 4.57. The molecular weight excluding hydrogens is 262 g/mol. The lowest BCUT2D eigenvalue weighted by molar-refractivity contribution is 0.00423. The highest BCUT2D eigenvalue weighted by atomic mass is 16.5. The van der Waals surface area contributed by atoms with Crippen LogP contribution in [0.1, 0.15) is 70.5 Å². The first-order chi connectivity index (χ1) is 9.83. The van der Waals surface area contributed by atoms with Crippen LogP contribution in [0.3, 0.4) is 0 Å². The number of furan rings is 1. The second-order valence-corrected chi connectivity index (χ2v) is 7.60. The van der Waals surface area contributed by atoms with Gasteiger partial charge in [-0.3, -0.25) is 0 Å². The van der Waals surface area contributed by atoms with Gasteiger partial charge >= 0.3 is 0 Å². The third-order valence-corrected chi connectivity index (χ3v) is 4.23. The van der Waals surface area contributed by atoms with Crippen LogP contribution < -0.4 is 5.32 Å². The fraction of sp³-hybridized carbons (Fsp3) is 0.778. The Morgan fingerprint density at radius 3 is 2.76 bits per heavy atom. The molecule has 0 radical (unpaired) electrons. The van der Waals surface area contributed by atoms with E-state index in [9.17, 15) is 0 Å². The molecule has 0 saturated heterocycles. The van der Waals surface area contributed by atoms with Crippen molar-refractivity contribution < 1.29 is 9.15 Å². The summed E-state index contributed by atoms with van der Waals surface area (Å²) in [5.74, 6) is 2.79. The monoisotopic (exact) mass is 293 g/mol. The van der Waals surface area contributed by atoms with E-state index < -0.39 is 0 Å². The van der Waals surface area contributed by atoms with Crippen molar-refractivity contribution in [3.63, 3.8) is 0 Å². The Kier molecular flexibility index (Phi) is 5.50. The van der Waals surface area contributed by atoms with Crippen molar-refractivity contribution in [3.8, 4) is 0 Å². The number of hydrogen-bond donors (Lipinski definition) is 1. The molecule has 0 amide bonds. The van der Waals surface area contributed by atoms with Gasteiger partial charge in [0, 0.05) is 11.1 Å². The quantitative estimate of drug-likeness (QED) is 0.863. The molecule has 0 bridgehead atoms. The van der Waals surface area contributed by atoms with Crippen LogP contribution in [0.5, 0.6) is 0 Å². The zero-order valence-electron chi connectivity index (χ0n) is 14.3. The van der Waals surface area contributed by atoms with E-state index in [-0.39, 0.29) is 5.54 Å². The molecule has 1 aliphatic carbocycles. The van der Waals surface area contributed by atoms with E-state index >= 15 is 0 Å². The van der Waals surface area contributed by atoms with Crippen LogP contribution in [0.2, 0.25) is 0 Å². The van der Waals surface area contributed by atoms with E-state index in [2.05, 4.69) is 39.1 Å². The number of ether oxygens (including phenoxy) is 1. The molecule has 2 atom stereocenters. The minimum absolute atomic E-state index is 0.107. The summed E-state index contributed by atoms with van der Waals surface area (Å²) >= 11 is 0. The molecule has 1 aromatic heterocycles. The van der Waals surface area contributed by atoms with Gasteiger partial charge in [0.25, 0.3) is 0 Å². The fourth-order valence-electron chi connectivity index (χ4n) is 2.91. The first-order valence-electron chi connectivity index (χ1n) is 8.28. The van der Waals surface area contributed by atoms with Crippen molar-refractivity contribution in [3.05, 3.63) is 23.2 Å². The summed E-state index contributed by atoms with van der Waals surface area (Å²) in [7, 11) is 0. The van der Waals surface area contributed by atoms with Crippen LogP contribution in [0.15, 0.2) is 10.5 Å². The van der Waals surface area contributed by atoms with Crippen LogP contribution >= 0.6 is 0 Å². The van der Waals surface area contributed by atoms with Crippen molar-refractivity contribution in [2.24, 2.45) is 5.92 Å². The number of aryl methyl sites for hydroxylation is 1. The summed E-state index contributed by atoms with van der Waals surface area (Å²) in [4.78, 5) is 0. The molecule has 0 aromatic carbocycles. The Hall–Kier alpha value is -0.800. The maximum atomic E-state index is 6.10. The van der Waals surface area contributed by atoms with E-state index in [4.69, 9.17) is 9.15 Å². The SMILES string of the molecule is Cc1oc(CNC(C)(C)C)cc1COC1CCCC(C)C1. The highest BCUT2D eigenvalue weighted by molar-refractivity contribution is 5.20. The average molecular weight is 293 g/mol. The minimum Gasteiger partial charge on any atom is -0.465 e. The van der Waals surface area contributed by atoms with Crippen molar-refractivity contribution in [1.29, 1.82) is 0 Å². The van der Waals surface area contributed by atoms with Gasteiger partial charge in [-0.2, -0.15) is 0 Å². The van der Waals surface area contributed by atoms with E-state index in [1.165, 1.54) is 31.2 Å². The van der Waals surface area contributed by atoms with E-state index in [0.717, 1.165) is 24.0 Å². The molecule has 3 nitrogen and oxygen atoms in total. The summed E-state index contributed by atoms with van der Waals surface area (Å²) in [6.07, 6.45) is 5.50. The van der Waals surface area contributed by atoms with E-state index in [1.807, 2.05) is 6.92 Å². The minimum atomic E-state index is 0.107. The van der Waals surface area contributed by atoms with Crippen molar-refractivity contribution >= 4 is 0 Å². The van der Waals surface area contributed by atoms with Crippen molar-refractivity contribution in [1.82, 2.24) is 5.32 Å². The largest absolute Gasteiger partial charge is 0.465 e. The van der Waals surface area contributed by atoms with Crippen LogP contribution in [-0.4, -0.2) is 11.6 Å².